The van der Waals surface area contributed by atoms with Crippen LogP contribution in [-0.4, -0.2) is 21.0 Å². The molecule has 2 unspecified atom stereocenters. The zero-order valence-electron chi connectivity index (χ0n) is 15.4. The number of thiol groups is 1. The molecule has 0 saturated heterocycles. The van der Waals surface area contributed by atoms with Crippen molar-refractivity contribution in [2.24, 2.45) is 0 Å². The molecule has 136 valence electrons. The van der Waals surface area contributed by atoms with Crippen LogP contribution in [0.5, 0.6) is 5.75 Å². The Bertz CT molecular complexity index is 695. The largest absolute Gasteiger partial charge is 0.467 e. The van der Waals surface area contributed by atoms with Crippen molar-refractivity contribution in [3.8, 4) is 5.75 Å². The molecular weight excluding hydrogens is 349 g/mol. The number of benzene rings is 2. The lowest BCUT2D eigenvalue weighted by molar-refractivity contribution is 0.0500. The van der Waals surface area contributed by atoms with E-state index < -0.39 is 0 Å². The Kier molecular flexibility index (Phi) is 7.77. The summed E-state index contributed by atoms with van der Waals surface area (Å²) in [6, 6.07) is 14.7. The first-order valence-electron chi connectivity index (χ1n) is 8.50. The smallest absolute Gasteiger partial charge is 0.188 e. The Morgan fingerprint density at radius 2 is 1.96 bits per heavy atom. The van der Waals surface area contributed by atoms with Crippen LogP contribution in [-0.2, 0) is 16.4 Å². The van der Waals surface area contributed by atoms with Gasteiger partial charge in [0.25, 0.3) is 0 Å². The predicted molar refractivity (Wildman–Crippen MR) is 111 cm³/mol. The average molecular weight is 377 g/mol. The maximum atomic E-state index is 5.84. The lowest BCUT2D eigenvalue weighted by atomic mass is 9.96. The molecule has 0 fully saturated rings. The number of hydrogen-bond acceptors (Lipinski definition) is 4. The van der Waals surface area contributed by atoms with Crippen LogP contribution in [0.15, 0.2) is 47.4 Å². The van der Waals surface area contributed by atoms with Gasteiger partial charge in [-0.2, -0.15) is 0 Å². The molecule has 0 aliphatic rings. The Morgan fingerprint density at radius 1 is 1.20 bits per heavy atom. The SMILES string of the molecule is CCC(C)(Pc1ccccc1CNC)c1cc(S)ccc1OCOC. The Morgan fingerprint density at radius 3 is 2.64 bits per heavy atom. The lowest BCUT2D eigenvalue weighted by Gasteiger charge is -2.32. The van der Waals surface area contributed by atoms with E-state index in [0.29, 0.717) is 8.58 Å². The van der Waals surface area contributed by atoms with Crippen molar-refractivity contribution < 1.29 is 9.47 Å². The summed E-state index contributed by atoms with van der Waals surface area (Å²) in [5.74, 6) is 0.877. The summed E-state index contributed by atoms with van der Waals surface area (Å²) in [6.45, 7) is 5.67. The van der Waals surface area contributed by atoms with Crippen LogP contribution >= 0.6 is 21.2 Å². The monoisotopic (exact) mass is 377 g/mol. The number of nitrogens with one attached hydrogen (secondary N) is 1. The van der Waals surface area contributed by atoms with Gasteiger partial charge < -0.3 is 14.8 Å². The molecule has 25 heavy (non-hydrogen) atoms. The molecule has 0 radical (unpaired) electrons. The lowest BCUT2D eigenvalue weighted by Crippen LogP contribution is -2.22. The van der Waals surface area contributed by atoms with Gasteiger partial charge >= 0.3 is 0 Å². The highest BCUT2D eigenvalue weighted by molar-refractivity contribution is 7.80. The fourth-order valence-corrected chi connectivity index (χ4v) is 4.64. The van der Waals surface area contributed by atoms with Gasteiger partial charge in [0, 0.05) is 29.3 Å². The van der Waals surface area contributed by atoms with Crippen molar-refractivity contribution in [3.63, 3.8) is 0 Å². The van der Waals surface area contributed by atoms with E-state index in [2.05, 4.69) is 62.1 Å². The standard InChI is InChI=1S/C20H28NO2PS/c1-5-20(2,24-19-9-7-6-8-15(19)13-21-3)17-12-16(25)10-11-18(17)23-14-22-4/h6-12,21,24-25H,5,13-14H2,1-4H3. The molecule has 3 nitrogen and oxygen atoms in total. The molecule has 2 rings (SSSR count). The normalized spacial score (nSPS) is 14.0. The molecule has 0 heterocycles. The van der Waals surface area contributed by atoms with E-state index in [1.54, 1.807) is 7.11 Å². The van der Waals surface area contributed by atoms with Gasteiger partial charge in [0.1, 0.15) is 5.75 Å². The van der Waals surface area contributed by atoms with Crippen molar-refractivity contribution in [2.45, 2.75) is 36.9 Å². The van der Waals surface area contributed by atoms with Crippen LogP contribution in [0.3, 0.4) is 0 Å². The number of rotatable bonds is 9. The van der Waals surface area contributed by atoms with Crippen LogP contribution in [0.1, 0.15) is 31.4 Å². The zero-order chi connectivity index (χ0) is 18.3. The molecule has 0 saturated carbocycles. The second kappa shape index (κ2) is 9.59. The van der Waals surface area contributed by atoms with E-state index in [-0.39, 0.29) is 11.9 Å². The molecule has 0 spiro atoms. The second-order valence-electron chi connectivity index (χ2n) is 6.23. The predicted octanol–water partition coefficient (Wildman–Crippen LogP) is 4.31. The van der Waals surface area contributed by atoms with Gasteiger partial charge in [-0.1, -0.05) is 46.7 Å². The number of hydrogen-bond donors (Lipinski definition) is 2. The fourth-order valence-electron chi connectivity index (χ4n) is 2.83. The van der Waals surface area contributed by atoms with Crippen LogP contribution in [0.4, 0.5) is 0 Å². The van der Waals surface area contributed by atoms with Crippen LogP contribution in [0.2, 0.25) is 0 Å². The molecule has 2 atom stereocenters. The molecule has 0 aliphatic heterocycles. The molecule has 2 aromatic rings. The van der Waals surface area contributed by atoms with Crippen LogP contribution < -0.4 is 15.4 Å². The molecule has 0 aliphatic carbocycles. The molecule has 5 heteroatoms. The summed E-state index contributed by atoms with van der Waals surface area (Å²) in [4.78, 5) is 0.952. The summed E-state index contributed by atoms with van der Waals surface area (Å²) in [6.07, 6.45) is 1.01. The van der Waals surface area contributed by atoms with Crippen molar-refractivity contribution >= 4 is 26.5 Å². The average Bonchev–Trinajstić information content (AvgIpc) is 2.62. The second-order valence-corrected chi connectivity index (χ2v) is 8.64. The van der Waals surface area contributed by atoms with Crippen molar-refractivity contribution in [1.29, 1.82) is 0 Å². The van der Waals surface area contributed by atoms with Gasteiger partial charge in [-0.05, 0) is 42.5 Å². The number of ether oxygens (including phenoxy) is 2. The third-order valence-electron chi connectivity index (χ3n) is 4.39. The molecule has 1 N–H and O–H groups in total. The number of methoxy groups -OCH3 is 1. The van der Waals surface area contributed by atoms with E-state index in [9.17, 15) is 0 Å². The summed E-state index contributed by atoms with van der Waals surface area (Å²) < 4.78 is 10.9. The first-order valence-corrected chi connectivity index (χ1v) is 9.94. The zero-order valence-corrected chi connectivity index (χ0v) is 17.3. The molecule has 0 amide bonds. The minimum absolute atomic E-state index is 0.0222. The van der Waals surface area contributed by atoms with Gasteiger partial charge in [-0.15, -0.1) is 12.6 Å². The molecular formula is C20H28NO2PS. The summed E-state index contributed by atoms with van der Waals surface area (Å²) in [5, 5.41) is 4.64. The minimum atomic E-state index is -0.0222. The van der Waals surface area contributed by atoms with E-state index in [1.165, 1.54) is 16.4 Å². The van der Waals surface area contributed by atoms with E-state index in [4.69, 9.17) is 9.47 Å². The molecule has 2 aromatic carbocycles. The Labute approximate surface area is 158 Å². The van der Waals surface area contributed by atoms with Gasteiger partial charge in [0.15, 0.2) is 6.79 Å². The van der Waals surface area contributed by atoms with Gasteiger partial charge in [0.2, 0.25) is 0 Å². The highest BCUT2D eigenvalue weighted by atomic mass is 32.1. The van der Waals surface area contributed by atoms with E-state index in [0.717, 1.165) is 23.6 Å². The first kappa shape index (κ1) is 20.3. The third kappa shape index (κ3) is 5.21. The maximum Gasteiger partial charge on any atom is 0.188 e. The van der Waals surface area contributed by atoms with Gasteiger partial charge in [0.05, 0.1) is 0 Å². The van der Waals surface area contributed by atoms with Crippen LogP contribution in [0.25, 0.3) is 0 Å². The van der Waals surface area contributed by atoms with Crippen molar-refractivity contribution in [1.82, 2.24) is 5.32 Å². The Balaban J connectivity index is 2.42. The summed E-state index contributed by atoms with van der Waals surface area (Å²) in [7, 11) is 4.26. The van der Waals surface area contributed by atoms with E-state index >= 15 is 0 Å². The molecule has 0 bridgehead atoms. The van der Waals surface area contributed by atoms with Crippen LogP contribution in [0, 0.1) is 0 Å². The van der Waals surface area contributed by atoms with E-state index in [1.807, 2.05) is 19.2 Å². The minimum Gasteiger partial charge on any atom is -0.467 e. The summed E-state index contributed by atoms with van der Waals surface area (Å²) >= 11 is 4.55. The highest BCUT2D eigenvalue weighted by Gasteiger charge is 2.29. The fraction of sp³-hybridized carbons (Fsp3) is 0.400. The van der Waals surface area contributed by atoms with Crippen molar-refractivity contribution in [2.75, 3.05) is 21.0 Å². The maximum absolute atomic E-state index is 5.84. The Hall–Kier alpha value is -1.06. The summed E-state index contributed by atoms with van der Waals surface area (Å²) in [5.41, 5.74) is 2.54. The first-order chi connectivity index (χ1) is 12.0. The molecule has 0 aromatic heterocycles. The third-order valence-corrected chi connectivity index (χ3v) is 6.60. The van der Waals surface area contributed by atoms with Gasteiger partial charge in [-0.3, -0.25) is 0 Å². The van der Waals surface area contributed by atoms with Gasteiger partial charge in [-0.25, -0.2) is 0 Å². The van der Waals surface area contributed by atoms with Crippen molar-refractivity contribution in [3.05, 3.63) is 53.6 Å². The quantitative estimate of drug-likeness (QED) is 0.388. The topological polar surface area (TPSA) is 30.5 Å². The highest BCUT2D eigenvalue weighted by Crippen LogP contribution is 2.48.